The Morgan fingerprint density at radius 3 is 2.87 bits per heavy atom. The van der Waals surface area contributed by atoms with Crippen LogP contribution in [0.4, 0.5) is 0 Å². The standard InChI is InChI=1S/C9H6Br2ClN3/c10-4-7-5-15(14-13-7)9-3-6(12)1-2-8(9)11/h1-3,5H,4H2. The van der Waals surface area contributed by atoms with Gasteiger partial charge in [-0.25, -0.2) is 4.68 Å². The Balaban J connectivity index is 2.48. The molecule has 0 aliphatic rings. The van der Waals surface area contributed by atoms with Crippen molar-refractivity contribution < 1.29 is 0 Å². The van der Waals surface area contributed by atoms with E-state index in [2.05, 4.69) is 42.2 Å². The number of benzene rings is 1. The van der Waals surface area contributed by atoms with Gasteiger partial charge in [-0.2, -0.15) is 0 Å². The summed E-state index contributed by atoms with van der Waals surface area (Å²) in [6.07, 6.45) is 1.85. The lowest BCUT2D eigenvalue weighted by molar-refractivity contribution is 0.798. The zero-order valence-electron chi connectivity index (χ0n) is 7.49. The third-order valence-electron chi connectivity index (χ3n) is 1.83. The highest BCUT2D eigenvalue weighted by molar-refractivity contribution is 9.10. The number of hydrogen-bond acceptors (Lipinski definition) is 2. The summed E-state index contributed by atoms with van der Waals surface area (Å²) >= 11 is 12.7. The molecule has 2 aromatic rings. The summed E-state index contributed by atoms with van der Waals surface area (Å²) < 4.78 is 2.62. The van der Waals surface area contributed by atoms with Crippen LogP contribution in [0.15, 0.2) is 28.9 Å². The van der Waals surface area contributed by atoms with Gasteiger partial charge in [-0.1, -0.05) is 32.7 Å². The zero-order chi connectivity index (χ0) is 10.8. The molecule has 1 aromatic carbocycles. The van der Waals surface area contributed by atoms with Crippen LogP contribution in [0.25, 0.3) is 5.69 Å². The van der Waals surface area contributed by atoms with E-state index in [4.69, 9.17) is 11.6 Å². The summed E-state index contributed by atoms with van der Waals surface area (Å²) in [7, 11) is 0. The number of rotatable bonds is 2. The van der Waals surface area contributed by atoms with Crippen molar-refractivity contribution in [2.75, 3.05) is 0 Å². The van der Waals surface area contributed by atoms with Crippen molar-refractivity contribution in [3.05, 3.63) is 39.6 Å². The summed E-state index contributed by atoms with van der Waals surface area (Å²) in [6, 6.07) is 5.53. The normalized spacial score (nSPS) is 10.6. The minimum Gasteiger partial charge on any atom is -0.219 e. The molecule has 0 spiro atoms. The lowest BCUT2D eigenvalue weighted by Crippen LogP contribution is -1.95. The lowest BCUT2D eigenvalue weighted by Gasteiger charge is -2.03. The molecule has 1 heterocycles. The average Bonchev–Trinajstić information content (AvgIpc) is 2.70. The van der Waals surface area contributed by atoms with Crippen LogP contribution in [0.5, 0.6) is 0 Å². The largest absolute Gasteiger partial charge is 0.219 e. The Morgan fingerprint density at radius 2 is 2.20 bits per heavy atom. The molecule has 0 saturated carbocycles. The molecule has 0 atom stereocenters. The average molecular weight is 351 g/mol. The first-order valence-electron chi connectivity index (χ1n) is 4.13. The van der Waals surface area contributed by atoms with E-state index in [1.165, 1.54) is 0 Å². The van der Waals surface area contributed by atoms with Gasteiger partial charge in [0.25, 0.3) is 0 Å². The van der Waals surface area contributed by atoms with E-state index in [9.17, 15) is 0 Å². The molecule has 0 bridgehead atoms. The summed E-state index contributed by atoms with van der Waals surface area (Å²) in [5.41, 5.74) is 1.75. The maximum absolute atomic E-state index is 5.92. The third-order valence-corrected chi connectivity index (χ3v) is 3.31. The van der Waals surface area contributed by atoms with Crippen molar-refractivity contribution in [3.8, 4) is 5.69 Å². The minimum atomic E-state index is 0.670. The Morgan fingerprint density at radius 1 is 1.40 bits per heavy atom. The van der Waals surface area contributed by atoms with Crippen molar-refractivity contribution >= 4 is 43.5 Å². The Bertz CT molecular complexity index is 484. The van der Waals surface area contributed by atoms with Gasteiger partial charge in [0.15, 0.2) is 0 Å². The second-order valence-corrected chi connectivity index (χ2v) is 4.74. The summed E-state index contributed by atoms with van der Waals surface area (Å²) in [5, 5.41) is 9.35. The van der Waals surface area contributed by atoms with E-state index >= 15 is 0 Å². The minimum absolute atomic E-state index is 0.670. The number of hydrogen-bond donors (Lipinski definition) is 0. The fraction of sp³-hybridized carbons (Fsp3) is 0.111. The first-order valence-corrected chi connectivity index (χ1v) is 6.42. The predicted molar refractivity (Wildman–Crippen MR) is 66.7 cm³/mol. The highest BCUT2D eigenvalue weighted by atomic mass is 79.9. The van der Waals surface area contributed by atoms with Gasteiger partial charge in [0.1, 0.15) is 0 Å². The van der Waals surface area contributed by atoms with Gasteiger partial charge in [-0.05, 0) is 34.1 Å². The molecule has 3 nitrogen and oxygen atoms in total. The van der Waals surface area contributed by atoms with Gasteiger partial charge >= 0.3 is 0 Å². The van der Waals surface area contributed by atoms with Crippen molar-refractivity contribution in [1.29, 1.82) is 0 Å². The van der Waals surface area contributed by atoms with Crippen LogP contribution >= 0.6 is 43.5 Å². The molecule has 0 N–H and O–H groups in total. The van der Waals surface area contributed by atoms with E-state index in [-0.39, 0.29) is 0 Å². The summed E-state index contributed by atoms with van der Waals surface area (Å²) in [6.45, 7) is 0. The maximum atomic E-state index is 5.92. The van der Waals surface area contributed by atoms with Crippen LogP contribution in [-0.4, -0.2) is 15.0 Å². The number of halogens is 3. The second-order valence-electron chi connectivity index (χ2n) is 2.88. The predicted octanol–water partition coefficient (Wildman–Crippen LogP) is 3.58. The fourth-order valence-electron chi connectivity index (χ4n) is 1.14. The van der Waals surface area contributed by atoms with Gasteiger partial charge in [0.05, 0.1) is 17.6 Å². The van der Waals surface area contributed by atoms with Crippen LogP contribution in [0.3, 0.4) is 0 Å². The molecule has 78 valence electrons. The van der Waals surface area contributed by atoms with Crippen LogP contribution in [-0.2, 0) is 5.33 Å². The van der Waals surface area contributed by atoms with Crippen molar-refractivity contribution in [2.45, 2.75) is 5.33 Å². The van der Waals surface area contributed by atoms with Gasteiger partial charge in [0, 0.05) is 14.8 Å². The molecule has 15 heavy (non-hydrogen) atoms. The molecular weight excluding hydrogens is 345 g/mol. The topological polar surface area (TPSA) is 30.7 Å². The molecule has 1 aromatic heterocycles. The van der Waals surface area contributed by atoms with Crippen LogP contribution in [0, 0.1) is 0 Å². The molecule has 0 fully saturated rings. The van der Waals surface area contributed by atoms with E-state index < -0.39 is 0 Å². The van der Waals surface area contributed by atoms with Gasteiger partial charge in [-0.3, -0.25) is 0 Å². The van der Waals surface area contributed by atoms with Gasteiger partial charge in [-0.15, -0.1) is 5.10 Å². The first kappa shape index (κ1) is 11.1. The maximum Gasteiger partial charge on any atom is 0.0937 e. The molecule has 0 unspecified atom stereocenters. The molecule has 0 aliphatic heterocycles. The third kappa shape index (κ3) is 2.41. The van der Waals surface area contributed by atoms with Gasteiger partial charge in [0.2, 0.25) is 0 Å². The summed E-state index contributed by atoms with van der Waals surface area (Å²) in [4.78, 5) is 0. The van der Waals surface area contributed by atoms with Crippen molar-refractivity contribution in [2.24, 2.45) is 0 Å². The second kappa shape index (κ2) is 4.63. The van der Waals surface area contributed by atoms with E-state index in [0.717, 1.165) is 15.9 Å². The molecule has 0 amide bonds. The molecule has 0 radical (unpaired) electrons. The fourth-order valence-corrected chi connectivity index (χ4v) is 1.99. The molecule has 0 aliphatic carbocycles. The zero-order valence-corrected chi connectivity index (χ0v) is 11.4. The lowest BCUT2D eigenvalue weighted by atomic mass is 10.3. The number of nitrogens with zero attached hydrogens (tertiary/aromatic N) is 3. The Kier molecular flexibility index (Phi) is 3.43. The smallest absolute Gasteiger partial charge is 0.0937 e. The highest BCUT2D eigenvalue weighted by Gasteiger charge is 2.06. The molecule has 6 heteroatoms. The van der Waals surface area contributed by atoms with Crippen LogP contribution in [0.1, 0.15) is 5.69 Å². The van der Waals surface area contributed by atoms with Gasteiger partial charge < -0.3 is 0 Å². The van der Waals surface area contributed by atoms with E-state index in [1.54, 1.807) is 4.68 Å². The number of alkyl halides is 1. The quantitative estimate of drug-likeness (QED) is 0.775. The SMILES string of the molecule is Clc1ccc(Br)c(-n2cc(CBr)nn2)c1. The van der Waals surface area contributed by atoms with E-state index in [1.807, 2.05) is 24.4 Å². The molecule has 0 saturated heterocycles. The first-order chi connectivity index (χ1) is 7.20. The van der Waals surface area contributed by atoms with Crippen molar-refractivity contribution in [3.63, 3.8) is 0 Å². The Labute approximate surface area is 109 Å². The Hall–Kier alpha value is -0.390. The number of aromatic nitrogens is 3. The van der Waals surface area contributed by atoms with Crippen molar-refractivity contribution in [1.82, 2.24) is 15.0 Å². The summed E-state index contributed by atoms with van der Waals surface area (Å²) in [5.74, 6) is 0. The van der Waals surface area contributed by atoms with E-state index in [0.29, 0.717) is 10.4 Å². The molecular formula is C9H6Br2ClN3. The van der Waals surface area contributed by atoms with Crippen LogP contribution < -0.4 is 0 Å². The highest BCUT2D eigenvalue weighted by Crippen LogP contribution is 2.24. The molecule has 2 rings (SSSR count). The van der Waals surface area contributed by atoms with Crippen LogP contribution in [0.2, 0.25) is 5.02 Å². The monoisotopic (exact) mass is 349 g/mol.